The summed E-state index contributed by atoms with van der Waals surface area (Å²) in [6.07, 6.45) is 0. The molecule has 0 aliphatic carbocycles. The van der Waals surface area contributed by atoms with E-state index in [1.807, 2.05) is 0 Å². The van der Waals surface area contributed by atoms with Gasteiger partial charge in [-0.3, -0.25) is 0 Å². The molecular formula is H6O4Sr. The van der Waals surface area contributed by atoms with Gasteiger partial charge in [0.05, 0.1) is 0 Å². The van der Waals surface area contributed by atoms with E-state index in [1.54, 1.807) is 0 Å². The van der Waals surface area contributed by atoms with Crippen LogP contribution < -0.4 is 0 Å². The molecule has 0 spiro atoms. The van der Waals surface area contributed by atoms with Gasteiger partial charge in [0.1, 0.15) is 0 Å². The van der Waals surface area contributed by atoms with E-state index in [2.05, 4.69) is 0 Å². The Morgan fingerprint density at radius 1 is 0.600 bits per heavy atom. The van der Waals surface area contributed by atoms with E-state index in [1.165, 1.54) is 0 Å². The first kappa shape index (κ1) is 103. The van der Waals surface area contributed by atoms with Gasteiger partial charge in [0.25, 0.3) is 0 Å². The normalized spacial score (nSPS) is 0. The van der Waals surface area contributed by atoms with Gasteiger partial charge in [0.2, 0.25) is 0 Å². The van der Waals surface area contributed by atoms with Gasteiger partial charge in [-0.05, 0) is 0 Å². The molecule has 0 bridgehead atoms. The Bertz CT molecular complexity index is 3.61. The summed E-state index contributed by atoms with van der Waals surface area (Å²) in [6, 6.07) is 0. The summed E-state index contributed by atoms with van der Waals surface area (Å²) in [4.78, 5) is 0. The standard InChI is InChI=1S/4H2O.Sr/h4*1H2;/q;;;;+2/p-2. The molecule has 0 atom stereocenters. The number of hydrogen-bond donors (Lipinski definition) is 0. The zero-order valence-electron chi connectivity index (χ0n) is 2.60. The SMILES string of the molecule is O.O.[OH-].[OH-].[Sr+2]. The van der Waals surface area contributed by atoms with Crippen molar-refractivity contribution in [2.45, 2.75) is 0 Å². The van der Waals surface area contributed by atoms with Crippen LogP contribution in [0.25, 0.3) is 0 Å². The summed E-state index contributed by atoms with van der Waals surface area (Å²) < 4.78 is 0. The molecule has 4 nitrogen and oxygen atoms in total. The van der Waals surface area contributed by atoms with Crippen LogP contribution in [0, 0.1) is 0 Å². The summed E-state index contributed by atoms with van der Waals surface area (Å²) in [7, 11) is 0. The average molecular weight is 158 g/mol. The van der Waals surface area contributed by atoms with E-state index in [0.717, 1.165) is 0 Å². The van der Waals surface area contributed by atoms with E-state index in [0.29, 0.717) is 0 Å². The van der Waals surface area contributed by atoms with Crippen molar-refractivity contribution < 1.29 is 21.9 Å². The number of rotatable bonds is 0. The molecule has 6 N–H and O–H groups in total. The predicted octanol–water partition coefficient (Wildman–Crippen LogP) is -2.38. The molecule has 0 rings (SSSR count). The van der Waals surface area contributed by atoms with Gasteiger partial charge in [0, 0.05) is 0 Å². The van der Waals surface area contributed by atoms with Crippen LogP contribution in [0.3, 0.4) is 0 Å². The Labute approximate surface area is 66.7 Å². The maximum atomic E-state index is 0. The van der Waals surface area contributed by atoms with E-state index in [9.17, 15) is 0 Å². The Kier molecular flexibility index (Phi) is 1170. The maximum Gasteiger partial charge on any atom is 2.00 e. The van der Waals surface area contributed by atoms with Gasteiger partial charge in [0.15, 0.2) is 0 Å². The second-order valence-electron chi connectivity index (χ2n) is 0. The Hall–Kier alpha value is 1.32. The topological polar surface area (TPSA) is 123 Å². The molecule has 0 fully saturated rings. The van der Waals surface area contributed by atoms with Gasteiger partial charge >= 0.3 is 45.5 Å². The molecule has 0 aromatic carbocycles. The van der Waals surface area contributed by atoms with E-state index in [-0.39, 0.29) is 67.4 Å². The summed E-state index contributed by atoms with van der Waals surface area (Å²) in [6.45, 7) is 0. The first-order chi connectivity index (χ1) is 0. The van der Waals surface area contributed by atoms with Crippen molar-refractivity contribution in [1.29, 1.82) is 0 Å². The Morgan fingerprint density at radius 2 is 0.600 bits per heavy atom. The molecule has 0 aromatic heterocycles. The predicted molar refractivity (Wildman–Crippen MR) is 16.9 cm³/mol. The van der Waals surface area contributed by atoms with Crippen molar-refractivity contribution >= 4 is 45.5 Å². The van der Waals surface area contributed by atoms with Crippen molar-refractivity contribution in [3.63, 3.8) is 0 Å². The Balaban J connectivity index is 0. The second kappa shape index (κ2) is 57.0. The van der Waals surface area contributed by atoms with Crippen molar-refractivity contribution in [2.75, 3.05) is 0 Å². The fourth-order valence-electron chi connectivity index (χ4n) is 0. The minimum atomic E-state index is 0. The second-order valence-corrected chi connectivity index (χ2v) is 0. The molecule has 0 radical (unpaired) electrons. The first-order valence-corrected chi connectivity index (χ1v) is 0. The molecule has 0 aliphatic rings. The zero-order valence-corrected chi connectivity index (χ0v) is 6.08. The van der Waals surface area contributed by atoms with Gasteiger partial charge in [-0.25, -0.2) is 0 Å². The molecule has 32 valence electrons. The third-order valence-corrected chi connectivity index (χ3v) is 0. The fraction of sp³-hybridized carbons (Fsp3) is 0. The maximum absolute atomic E-state index is 0. The Morgan fingerprint density at radius 3 is 0.600 bits per heavy atom. The smallest absolute Gasteiger partial charge is 0.870 e. The van der Waals surface area contributed by atoms with Crippen LogP contribution in [0.2, 0.25) is 0 Å². The third-order valence-electron chi connectivity index (χ3n) is 0. The quantitative estimate of drug-likeness (QED) is 0.365. The molecular weight excluding hydrogens is 152 g/mol. The molecule has 0 amide bonds. The molecule has 0 aliphatic heterocycles. The molecule has 0 heterocycles. The van der Waals surface area contributed by atoms with Crippen LogP contribution in [0.1, 0.15) is 0 Å². The zero-order chi connectivity index (χ0) is 0. The molecule has 5 heavy (non-hydrogen) atoms. The number of hydrogen-bond acceptors (Lipinski definition) is 2. The van der Waals surface area contributed by atoms with Gasteiger partial charge in [-0.15, -0.1) is 0 Å². The molecule has 0 aromatic rings. The minimum absolute atomic E-state index is 0. The van der Waals surface area contributed by atoms with E-state index >= 15 is 0 Å². The van der Waals surface area contributed by atoms with Crippen LogP contribution >= 0.6 is 0 Å². The van der Waals surface area contributed by atoms with Crippen LogP contribution in [0.4, 0.5) is 0 Å². The summed E-state index contributed by atoms with van der Waals surface area (Å²) >= 11 is 0. The van der Waals surface area contributed by atoms with Crippen molar-refractivity contribution in [3.05, 3.63) is 0 Å². The van der Waals surface area contributed by atoms with Gasteiger partial charge in [-0.1, -0.05) is 0 Å². The van der Waals surface area contributed by atoms with E-state index in [4.69, 9.17) is 0 Å². The van der Waals surface area contributed by atoms with Crippen molar-refractivity contribution in [1.82, 2.24) is 0 Å². The molecule has 5 heteroatoms. The first-order valence-electron chi connectivity index (χ1n) is 0. The fourth-order valence-corrected chi connectivity index (χ4v) is 0. The van der Waals surface area contributed by atoms with Crippen LogP contribution in [0.15, 0.2) is 0 Å². The molecule has 0 unspecified atom stereocenters. The van der Waals surface area contributed by atoms with Gasteiger partial charge < -0.3 is 21.9 Å². The van der Waals surface area contributed by atoms with E-state index < -0.39 is 0 Å². The average Bonchev–Trinajstić information content (AvgIpc) is 0. The summed E-state index contributed by atoms with van der Waals surface area (Å²) in [5.41, 5.74) is 0. The van der Waals surface area contributed by atoms with Gasteiger partial charge in [-0.2, -0.15) is 0 Å². The van der Waals surface area contributed by atoms with Crippen LogP contribution in [-0.2, 0) is 0 Å². The van der Waals surface area contributed by atoms with Crippen LogP contribution in [-0.4, -0.2) is 67.4 Å². The van der Waals surface area contributed by atoms with Crippen molar-refractivity contribution in [2.24, 2.45) is 0 Å². The third kappa shape index (κ3) is 33.6. The molecule has 0 saturated heterocycles. The largest absolute Gasteiger partial charge is 2.00 e. The molecule has 0 saturated carbocycles. The monoisotopic (exact) mass is 158 g/mol. The summed E-state index contributed by atoms with van der Waals surface area (Å²) in [5, 5.41) is 0. The minimum Gasteiger partial charge on any atom is -0.870 e. The summed E-state index contributed by atoms with van der Waals surface area (Å²) in [5.74, 6) is 0. The van der Waals surface area contributed by atoms with Crippen LogP contribution in [0.5, 0.6) is 0 Å². The van der Waals surface area contributed by atoms with Crippen molar-refractivity contribution in [3.8, 4) is 0 Å².